The summed E-state index contributed by atoms with van der Waals surface area (Å²) >= 11 is 0. The maximum absolute atomic E-state index is 13.3. The van der Waals surface area contributed by atoms with Gasteiger partial charge >= 0.3 is 0 Å². The Bertz CT molecular complexity index is 1020. The highest BCUT2D eigenvalue weighted by molar-refractivity contribution is 7.89. The standard InChI is InChI=1S/C24H30N2O4S/c1-19-5-4-6-21(17-19)24(11-2-3-12-24)23(27)25-18-20-7-9-22(10-8-20)31(28,29)26-13-15-30-16-14-26/h4-10,17H,2-3,11-16,18H2,1H3,(H,25,27). The van der Waals surface area contributed by atoms with Crippen LogP contribution in [-0.2, 0) is 31.5 Å². The summed E-state index contributed by atoms with van der Waals surface area (Å²) < 4.78 is 32.2. The minimum absolute atomic E-state index is 0.0561. The number of hydrogen-bond donors (Lipinski definition) is 1. The van der Waals surface area contributed by atoms with Crippen LogP contribution in [0.4, 0.5) is 0 Å². The van der Waals surface area contributed by atoms with Crippen LogP contribution in [0.3, 0.4) is 0 Å². The molecule has 1 aliphatic carbocycles. The van der Waals surface area contributed by atoms with Crippen LogP contribution in [0.1, 0.15) is 42.4 Å². The third-order valence-electron chi connectivity index (χ3n) is 6.45. The van der Waals surface area contributed by atoms with Crippen LogP contribution in [0.25, 0.3) is 0 Å². The van der Waals surface area contributed by atoms with Crippen molar-refractivity contribution < 1.29 is 17.9 Å². The van der Waals surface area contributed by atoms with E-state index in [4.69, 9.17) is 4.74 Å². The first-order chi connectivity index (χ1) is 14.9. The van der Waals surface area contributed by atoms with E-state index in [1.807, 2.05) is 6.07 Å². The molecule has 1 saturated heterocycles. The van der Waals surface area contributed by atoms with E-state index in [1.165, 1.54) is 4.31 Å². The molecule has 1 heterocycles. The maximum Gasteiger partial charge on any atom is 0.243 e. The van der Waals surface area contributed by atoms with Crippen LogP contribution in [-0.4, -0.2) is 44.9 Å². The summed E-state index contributed by atoms with van der Waals surface area (Å²) in [6.07, 6.45) is 3.82. The average molecular weight is 443 g/mol. The average Bonchev–Trinajstić information content (AvgIpc) is 3.30. The predicted molar refractivity (Wildman–Crippen MR) is 119 cm³/mol. The van der Waals surface area contributed by atoms with Gasteiger partial charge in [-0.15, -0.1) is 0 Å². The Morgan fingerprint density at radius 2 is 1.74 bits per heavy atom. The Morgan fingerprint density at radius 3 is 2.39 bits per heavy atom. The number of benzene rings is 2. The monoisotopic (exact) mass is 442 g/mol. The molecule has 31 heavy (non-hydrogen) atoms. The number of carbonyl (C=O) groups is 1. The zero-order chi connectivity index (χ0) is 21.9. The van der Waals surface area contributed by atoms with Gasteiger partial charge in [-0.05, 0) is 43.0 Å². The fourth-order valence-corrected chi connectivity index (χ4v) is 6.04. The van der Waals surface area contributed by atoms with Crippen molar-refractivity contribution in [2.24, 2.45) is 0 Å². The molecule has 1 amide bonds. The third-order valence-corrected chi connectivity index (χ3v) is 8.36. The summed E-state index contributed by atoms with van der Waals surface area (Å²) in [5.74, 6) is 0.0561. The van der Waals surface area contributed by atoms with Gasteiger partial charge in [-0.2, -0.15) is 4.31 Å². The second-order valence-electron chi connectivity index (χ2n) is 8.50. The second kappa shape index (κ2) is 9.10. The second-order valence-corrected chi connectivity index (χ2v) is 10.4. The lowest BCUT2D eigenvalue weighted by Gasteiger charge is -2.29. The van der Waals surface area contributed by atoms with E-state index in [-0.39, 0.29) is 10.8 Å². The van der Waals surface area contributed by atoms with E-state index in [9.17, 15) is 13.2 Å². The number of carbonyl (C=O) groups excluding carboxylic acids is 1. The van der Waals surface area contributed by atoms with Gasteiger partial charge in [0.05, 0.1) is 23.5 Å². The van der Waals surface area contributed by atoms with Crippen LogP contribution in [0.15, 0.2) is 53.4 Å². The third kappa shape index (κ3) is 4.54. The summed E-state index contributed by atoms with van der Waals surface area (Å²) in [6, 6.07) is 15.1. The summed E-state index contributed by atoms with van der Waals surface area (Å²) in [5.41, 5.74) is 2.67. The van der Waals surface area contributed by atoms with Gasteiger partial charge in [0, 0.05) is 19.6 Å². The van der Waals surface area contributed by atoms with Crippen LogP contribution in [0, 0.1) is 6.92 Å². The first-order valence-corrected chi connectivity index (χ1v) is 12.4. The molecule has 0 unspecified atom stereocenters. The lowest BCUT2D eigenvalue weighted by Crippen LogP contribution is -2.42. The molecule has 6 nitrogen and oxygen atoms in total. The molecule has 1 saturated carbocycles. The van der Waals surface area contributed by atoms with E-state index in [2.05, 4.69) is 30.4 Å². The number of sulfonamides is 1. The highest BCUT2D eigenvalue weighted by Crippen LogP contribution is 2.41. The van der Waals surface area contributed by atoms with Crippen LogP contribution in [0.5, 0.6) is 0 Å². The highest BCUT2D eigenvalue weighted by atomic mass is 32.2. The predicted octanol–water partition coefficient (Wildman–Crippen LogP) is 3.14. The summed E-state index contributed by atoms with van der Waals surface area (Å²) in [4.78, 5) is 13.5. The van der Waals surface area contributed by atoms with Gasteiger partial charge in [-0.25, -0.2) is 8.42 Å². The molecule has 7 heteroatoms. The topological polar surface area (TPSA) is 75.7 Å². The zero-order valence-electron chi connectivity index (χ0n) is 18.0. The van der Waals surface area contributed by atoms with Gasteiger partial charge in [-0.1, -0.05) is 54.8 Å². The molecule has 1 N–H and O–H groups in total. The Morgan fingerprint density at radius 1 is 1.06 bits per heavy atom. The molecule has 0 bridgehead atoms. The van der Waals surface area contributed by atoms with Gasteiger partial charge in [0.25, 0.3) is 0 Å². The van der Waals surface area contributed by atoms with Crippen LogP contribution >= 0.6 is 0 Å². The number of aryl methyl sites for hydroxylation is 1. The van der Waals surface area contributed by atoms with Crippen LogP contribution in [0.2, 0.25) is 0 Å². The Hall–Kier alpha value is -2.22. The van der Waals surface area contributed by atoms with E-state index < -0.39 is 15.4 Å². The van der Waals surface area contributed by atoms with Crippen molar-refractivity contribution in [2.75, 3.05) is 26.3 Å². The molecular formula is C24H30N2O4S. The number of hydrogen-bond acceptors (Lipinski definition) is 4. The molecule has 0 aromatic heterocycles. The molecule has 2 aromatic rings. The number of nitrogens with zero attached hydrogens (tertiary/aromatic N) is 1. The van der Waals surface area contributed by atoms with E-state index >= 15 is 0 Å². The van der Waals surface area contributed by atoms with Gasteiger partial charge in [0.1, 0.15) is 0 Å². The van der Waals surface area contributed by atoms with E-state index in [0.29, 0.717) is 32.8 Å². The maximum atomic E-state index is 13.3. The number of ether oxygens (including phenoxy) is 1. The molecule has 2 aromatic carbocycles. The SMILES string of the molecule is Cc1cccc(C2(C(=O)NCc3ccc(S(=O)(=O)N4CCOCC4)cc3)CCCC2)c1. The molecule has 2 aliphatic rings. The molecule has 0 radical (unpaired) electrons. The van der Waals surface area contributed by atoms with Crippen molar-refractivity contribution in [1.29, 1.82) is 0 Å². The lowest BCUT2D eigenvalue weighted by molar-refractivity contribution is -0.126. The van der Waals surface area contributed by atoms with Gasteiger partial charge in [-0.3, -0.25) is 4.79 Å². The summed E-state index contributed by atoms with van der Waals surface area (Å²) in [5, 5.41) is 3.11. The number of nitrogens with one attached hydrogen (secondary N) is 1. The van der Waals surface area contributed by atoms with Crippen molar-refractivity contribution in [3.05, 3.63) is 65.2 Å². The number of amides is 1. The highest BCUT2D eigenvalue weighted by Gasteiger charge is 2.42. The van der Waals surface area contributed by atoms with Crippen molar-refractivity contribution in [1.82, 2.24) is 9.62 Å². The first kappa shape index (κ1) is 22.0. The molecule has 0 atom stereocenters. The van der Waals surface area contributed by atoms with E-state index in [0.717, 1.165) is 42.4 Å². The summed E-state index contributed by atoms with van der Waals surface area (Å²) in [7, 11) is -3.51. The van der Waals surface area contributed by atoms with Crippen molar-refractivity contribution in [2.45, 2.75) is 49.5 Å². The largest absolute Gasteiger partial charge is 0.379 e. The minimum Gasteiger partial charge on any atom is -0.379 e. The minimum atomic E-state index is -3.51. The van der Waals surface area contributed by atoms with Crippen molar-refractivity contribution in [3.63, 3.8) is 0 Å². The normalized spacial score (nSPS) is 19.3. The van der Waals surface area contributed by atoms with Gasteiger partial charge in [0.15, 0.2) is 0 Å². The Kier molecular flexibility index (Phi) is 6.46. The number of rotatable bonds is 6. The zero-order valence-corrected chi connectivity index (χ0v) is 18.8. The van der Waals surface area contributed by atoms with Crippen molar-refractivity contribution in [3.8, 4) is 0 Å². The number of morpholine rings is 1. The van der Waals surface area contributed by atoms with Gasteiger partial charge in [0.2, 0.25) is 15.9 Å². The fraction of sp³-hybridized carbons (Fsp3) is 0.458. The van der Waals surface area contributed by atoms with E-state index in [1.54, 1.807) is 24.3 Å². The molecule has 1 aliphatic heterocycles. The Balaban J connectivity index is 1.44. The smallest absolute Gasteiger partial charge is 0.243 e. The molecule has 2 fully saturated rings. The molecule has 4 rings (SSSR count). The fourth-order valence-electron chi connectivity index (χ4n) is 4.63. The van der Waals surface area contributed by atoms with Crippen LogP contribution < -0.4 is 5.32 Å². The first-order valence-electron chi connectivity index (χ1n) is 10.9. The molecular weight excluding hydrogens is 412 g/mol. The van der Waals surface area contributed by atoms with Gasteiger partial charge < -0.3 is 10.1 Å². The quantitative estimate of drug-likeness (QED) is 0.746. The molecule has 0 spiro atoms. The van der Waals surface area contributed by atoms with Crippen molar-refractivity contribution >= 4 is 15.9 Å². The molecule has 166 valence electrons. The summed E-state index contributed by atoms with van der Waals surface area (Å²) in [6.45, 7) is 4.03. The lowest BCUT2D eigenvalue weighted by atomic mass is 9.77. The Labute approximate surface area is 184 Å².